The largest absolute Gasteiger partial charge is 0.276 e. The van der Waals surface area contributed by atoms with Gasteiger partial charge in [-0.05, 0) is 0 Å². The van der Waals surface area contributed by atoms with Crippen molar-refractivity contribution in [3.63, 3.8) is 0 Å². The quantitative estimate of drug-likeness (QED) is 0.381. The highest BCUT2D eigenvalue weighted by molar-refractivity contribution is 7.92. The molecule has 1 rings (SSSR count). The van der Waals surface area contributed by atoms with E-state index in [1.807, 2.05) is 6.34 Å². The van der Waals surface area contributed by atoms with Gasteiger partial charge in [-0.15, -0.1) is 0 Å². The van der Waals surface area contributed by atoms with E-state index in [-0.39, 0.29) is 0 Å². The van der Waals surface area contributed by atoms with Gasteiger partial charge in [-0.3, -0.25) is 5.32 Å². The fourth-order valence-electron chi connectivity index (χ4n) is 0.550. The SMILES string of the molecule is CS[N+]1=CNCC1. The van der Waals surface area contributed by atoms with E-state index in [1.165, 1.54) is 0 Å². The summed E-state index contributed by atoms with van der Waals surface area (Å²) >= 11 is 1.75. The van der Waals surface area contributed by atoms with Crippen LogP contribution in [0.5, 0.6) is 0 Å². The van der Waals surface area contributed by atoms with Crippen molar-refractivity contribution in [2.75, 3.05) is 19.3 Å². The zero-order valence-corrected chi connectivity index (χ0v) is 5.16. The van der Waals surface area contributed by atoms with Crippen molar-refractivity contribution >= 4 is 18.3 Å². The summed E-state index contributed by atoms with van der Waals surface area (Å²) in [5.74, 6) is 0. The average molecular weight is 117 g/mol. The second-order valence-electron chi connectivity index (χ2n) is 1.41. The van der Waals surface area contributed by atoms with Gasteiger partial charge in [0, 0.05) is 6.26 Å². The first-order valence-corrected chi connectivity index (χ1v) is 3.49. The van der Waals surface area contributed by atoms with Crippen LogP contribution in [-0.4, -0.2) is 29.7 Å². The number of hydrogen-bond donors (Lipinski definition) is 1. The third kappa shape index (κ3) is 1.09. The third-order valence-electron chi connectivity index (χ3n) is 0.946. The lowest BCUT2D eigenvalue weighted by Gasteiger charge is -1.85. The van der Waals surface area contributed by atoms with Gasteiger partial charge in [0.1, 0.15) is 13.1 Å². The zero-order chi connectivity index (χ0) is 5.11. The number of rotatable bonds is 1. The molecule has 40 valence electrons. The van der Waals surface area contributed by atoms with Gasteiger partial charge < -0.3 is 0 Å². The van der Waals surface area contributed by atoms with Crippen LogP contribution in [0.1, 0.15) is 0 Å². The molecule has 0 saturated carbocycles. The van der Waals surface area contributed by atoms with Crippen LogP contribution in [0.15, 0.2) is 0 Å². The molecule has 3 heteroatoms. The van der Waals surface area contributed by atoms with Crippen LogP contribution >= 0.6 is 11.9 Å². The Hall–Kier alpha value is -0.180. The van der Waals surface area contributed by atoms with Gasteiger partial charge in [0.05, 0.1) is 11.9 Å². The van der Waals surface area contributed by atoms with E-state index in [0.717, 1.165) is 13.1 Å². The molecule has 0 saturated heterocycles. The Labute approximate surface area is 47.7 Å². The molecule has 1 aliphatic heterocycles. The predicted molar refractivity (Wildman–Crippen MR) is 32.7 cm³/mol. The summed E-state index contributed by atoms with van der Waals surface area (Å²) in [6.45, 7) is 2.24. The molecule has 0 spiro atoms. The van der Waals surface area contributed by atoms with Gasteiger partial charge in [0.2, 0.25) is 6.34 Å². The van der Waals surface area contributed by atoms with Gasteiger partial charge in [-0.25, -0.2) is 3.98 Å². The molecule has 0 radical (unpaired) electrons. The van der Waals surface area contributed by atoms with Crippen molar-refractivity contribution in [2.45, 2.75) is 0 Å². The molecule has 1 heterocycles. The zero-order valence-electron chi connectivity index (χ0n) is 4.35. The van der Waals surface area contributed by atoms with Crippen LogP contribution in [0.4, 0.5) is 0 Å². The maximum atomic E-state index is 3.10. The fraction of sp³-hybridized carbons (Fsp3) is 0.750. The van der Waals surface area contributed by atoms with Crippen LogP contribution in [0.3, 0.4) is 0 Å². The molecule has 1 N–H and O–H groups in total. The molecule has 0 fully saturated rings. The highest BCUT2D eigenvalue weighted by atomic mass is 32.2. The second-order valence-corrected chi connectivity index (χ2v) is 2.24. The summed E-state index contributed by atoms with van der Waals surface area (Å²) in [7, 11) is 0. The summed E-state index contributed by atoms with van der Waals surface area (Å²) in [6.07, 6.45) is 4.08. The molecule has 0 bridgehead atoms. The van der Waals surface area contributed by atoms with E-state index >= 15 is 0 Å². The van der Waals surface area contributed by atoms with Gasteiger partial charge >= 0.3 is 0 Å². The monoisotopic (exact) mass is 117 g/mol. The molecule has 2 nitrogen and oxygen atoms in total. The molecule has 0 unspecified atom stereocenters. The van der Waals surface area contributed by atoms with Crippen molar-refractivity contribution in [1.29, 1.82) is 0 Å². The van der Waals surface area contributed by atoms with Crippen molar-refractivity contribution in [2.24, 2.45) is 0 Å². The van der Waals surface area contributed by atoms with Crippen molar-refractivity contribution in [3.05, 3.63) is 0 Å². The molecular weight excluding hydrogens is 108 g/mol. The number of hydrogen-bond acceptors (Lipinski definition) is 2. The lowest BCUT2D eigenvalue weighted by atomic mass is 10.7. The van der Waals surface area contributed by atoms with Crippen LogP contribution in [-0.2, 0) is 0 Å². The van der Waals surface area contributed by atoms with Crippen molar-refractivity contribution < 1.29 is 3.98 Å². The molecule has 0 aliphatic carbocycles. The Morgan fingerprint density at radius 3 is 3.00 bits per heavy atom. The van der Waals surface area contributed by atoms with Crippen molar-refractivity contribution in [1.82, 2.24) is 5.32 Å². The first kappa shape index (κ1) is 4.97. The van der Waals surface area contributed by atoms with Gasteiger partial charge in [-0.2, -0.15) is 0 Å². The van der Waals surface area contributed by atoms with E-state index < -0.39 is 0 Å². The Morgan fingerprint density at radius 1 is 1.86 bits per heavy atom. The molecule has 0 aromatic heterocycles. The molecule has 0 amide bonds. The average Bonchev–Trinajstić information content (AvgIpc) is 2.14. The standard InChI is InChI=1S/C4H8N2S/c1-7-6-3-2-5-4-6/h4H,2-3H2,1H3/p+1. The van der Waals surface area contributed by atoms with E-state index in [0.29, 0.717) is 0 Å². The lowest BCUT2D eigenvalue weighted by Crippen LogP contribution is -2.05. The Balaban J connectivity index is 2.36. The topological polar surface area (TPSA) is 15.0 Å². The summed E-state index contributed by atoms with van der Waals surface area (Å²) in [5.41, 5.74) is 0. The van der Waals surface area contributed by atoms with Crippen LogP contribution < -0.4 is 5.32 Å². The highest BCUT2D eigenvalue weighted by Crippen LogP contribution is 1.94. The highest BCUT2D eigenvalue weighted by Gasteiger charge is 2.04. The van der Waals surface area contributed by atoms with E-state index in [4.69, 9.17) is 0 Å². The van der Waals surface area contributed by atoms with Gasteiger partial charge in [0.25, 0.3) is 0 Å². The van der Waals surface area contributed by atoms with E-state index in [9.17, 15) is 0 Å². The Kier molecular flexibility index (Phi) is 1.57. The Morgan fingerprint density at radius 2 is 2.71 bits per heavy atom. The van der Waals surface area contributed by atoms with E-state index in [2.05, 4.69) is 15.6 Å². The molecule has 0 atom stereocenters. The molecule has 7 heavy (non-hydrogen) atoms. The summed E-state index contributed by atoms with van der Waals surface area (Å²) in [5, 5.41) is 3.10. The smallest absolute Gasteiger partial charge is 0.244 e. The van der Waals surface area contributed by atoms with Crippen LogP contribution in [0.2, 0.25) is 0 Å². The van der Waals surface area contributed by atoms with Crippen LogP contribution in [0.25, 0.3) is 0 Å². The minimum Gasteiger partial charge on any atom is -0.276 e. The molecule has 1 aliphatic rings. The predicted octanol–water partition coefficient (Wildman–Crippen LogP) is -0.0916. The minimum absolute atomic E-state index is 1.10. The van der Waals surface area contributed by atoms with Gasteiger partial charge in [-0.1, -0.05) is 0 Å². The second kappa shape index (κ2) is 2.21. The van der Waals surface area contributed by atoms with Crippen LogP contribution in [0, 0.1) is 0 Å². The van der Waals surface area contributed by atoms with E-state index in [1.54, 1.807) is 11.9 Å². The first-order valence-electron chi connectivity index (χ1n) is 2.31. The fourth-order valence-corrected chi connectivity index (χ4v) is 1.00. The summed E-state index contributed by atoms with van der Waals surface area (Å²) < 4.78 is 2.17. The molecule has 0 aromatic rings. The Bertz CT molecular complexity index is 89.7. The molecular formula is C4H9N2S+. The molecule has 0 aromatic carbocycles. The maximum Gasteiger partial charge on any atom is 0.244 e. The maximum absolute atomic E-state index is 3.10. The normalized spacial score (nSPS) is 18.7. The number of nitrogens with one attached hydrogen (secondary N) is 1. The third-order valence-corrected chi connectivity index (χ3v) is 1.70. The minimum atomic E-state index is 1.10. The first-order chi connectivity index (χ1) is 3.43. The van der Waals surface area contributed by atoms with Gasteiger partial charge in [0.15, 0.2) is 0 Å². The summed E-state index contributed by atoms with van der Waals surface area (Å²) in [6, 6.07) is 0. The van der Waals surface area contributed by atoms with Crippen molar-refractivity contribution in [3.8, 4) is 0 Å². The number of nitrogens with zero attached hydrogens (tertiary/aromatic N) is 1. The summed E-state index contributed by atoms with van der Waals surface area (Å²) in [4.78, 5) is 0. The lowest BCUT2D eigenvalue weighted by molar-refractivity contribution is -0.328.